The molecule has 0 unspecified atom stereocenters. The molecule has 0 fully saturated rings. The minimum atomic E-state index is -0.163. The third-order valence-corrected chi connectivity index (χ3v) is 8.57. The zero-order chi connectivity index (χ0) is 24.3. The van der Waals surface area contributed by atoms with Crippen LogP contribution in [-0.4, -0.2) is 0 Å². The number of nitrogens with zero attached hydrogens (tertiary/aromatic N) is 2. The van der Waals surface area contributed by atoms with Crippen LogP contribution in [0.5, 0.6) is 0 Å². The Labute approximate surface area is 216 Å². The molecule has 36 heavy (non-hydrogen) atoms. The van der Waals surface area contributed by atoms with Gasteiger partial charge in [0.1, 0.15) is 0 Å². The van der Waals surface area contributed by atoms with Crippen molar-refractivity contribution >= 4 is 45.9 Å². The lowest BCUT2D eigenvalue weighted by molar-refractivity contribution is 0.618. The van der Waals surface area contributed by atoms with E-state index in [4.69, 9.17) is 0 Å². The molecule has 2 aliphatic rings. The van der Waals surface area contributed by atoms with Crippen LogP contribution in [0.3, 0.4) is 0 Å². The number of hydrogen-bond acceptors (Lipinski definition) is 3. The monoisotopic (exact) mass is 482 g/mol. The first-order chi connectivity index (χ1) is 17.6. The minimum absolute atomic E-state index is 0.163. The molecule has 0 N–H and O–H groups in total. The van der Waals surface area contributed by atoms with E-state index in [1.54, 1.807) is 0 Å². The van der Waals surface area contributed by atoms with Crippen LogP contribution in [0, 0.1) is 0 Å². The number of rotatable bonds is 2. The summed E-state index contributed by atoms with van der Waals surface area (Å²) in [6.07, 6.45) is 0. The minimum Gasteiger partial charge on any atom is -0.310 e. The summed E-state index contributed by atoms with van der Waals surface area (Å²) in [5.41, 5.74) is 9.90. The van der Waals surface area contributed by atoms with Gasteiger partial charge in [-0.25, -0.2) is 0 Å². The van der Waals surface area contributed by atoms with Gasteiger partial charge < -0.3 is 9.80 Å². The van der Waals surface area contributed by atoms with Crippen molar-refractivity contribution in [2.45, 2.75) is 29.1 Å². The second-order valence-electron chi connectivity index (χ2n) is 9.86. The Hall–Kier alpha value is -3.95. The van der Waals surface area contributed by atoms with Crippen LogP contribution >= 0.6 is 11.8 Å². The highest BCUT2D eigenvalue weighted by Crippen LogP contribution is 2.60. The molecule has 7 rings (SSSR count). The molecule has 0 bridgehead atoms. The number of fused-ring (bicyclic) bond motifs is 5. The Kier molecular flexibility index (Phi) is 4.77. The first kappa shape index (κ1) is 21.3. The van der Waals surface area contributed by atoms with Gasteiger partial charge in [-0.05, 0) is 60.2 Å². The number of anilines is 6. The lowest BCUT2D eigenvalue weighted by Crippen LogP contribution is -2.32. The van der Waals surface area contributed by atoms with Crippen molar-refractivity contribution in [3.8, 4) is 0 Å². The number of hydrogen-bond donors (Lipinski definition) is 0. The van der Waals surface area contributed by atoms with E-state index < -0.39 is 0 Å². The van der Waals surface area contributed by atoms with Gasteiger partial charge >= 0.3 is 0 Å². The van der Waals surface area contributed by atoms with Gasteiger partial charge in [-0.15, -0.1) is 0 Å². The predicted octanol–water partition coefficient (Wildman–Crippen LogP) is 9.73. The fourth-order valence-electron chi connectivity index (χ4n) is 5.77. The van der Waals surface area contributed by atoms with Crippen LogP contribution in [0.15, 0.2) is 131 Å². The van der Waals surface area contributed by atoms with Gasteiger partial charge in [-0.1, -0.05) is 92.3 Å². The Balaban J connectivity index is 1.54. The van der Waals surface area contributed by atoms with Crippen molar-refractivity contribution in [3.63, 3.8) is 0 Å². The largest absolute Gasteiger partial charge is 0.310 e. The SMILES string of the molecule is CC1(C)c2ccccc2N(c2ccccc2)c2ccc3c(c21)Sc1ccccc1N3c1ccccc1. The highest BCUT2D eigenvalue weighted by molar-refractivity contribution is 7.99. The summed E-state index contributed by atoms with van der Waals surface area (Å²) < 4.78 is 0. The smallest absolute Gasteiger partial charge is 0.0606 e. The highest BCUT2D eigenvalue weighted by atomic mass is 32.2. The van der Waals surface area contributed by atoms with E-state index in [-0.39, 0.29) is 5.41 Å². The van der Waals surface area contributed by atoms with Gasteiger partial charge in [0, 0.05) is 32.1 Å². The molecule has 5 aromatic rings. The summed E-state index contributed by atoms with van der Waals surface area (Å²) in [6, 6.07) is 43.7. The molecule has 5 aromatic carbocycles. The fourth-order valence-corrected chi connectivity index (χ4v) is 7.13. The molecule has 3 heteroatoms. The van der Waals surface area contributed by atoms with Crippen molar-refractivity contribution in [2.75, 3.05) is 9.80 Å². The third-order valence-electron chi connectivity index (χ3n) is 7.39. The molecule has 2 heterocycles. The third kappa shape index (κ3) is 3.06. The van der Waals surface area contributed by atoms with E-state index >= 15 is 0 Å². The van der Waals surface area contributed by atoms with E-state index in [1.165, 1.54) is 55.0 Å². The molecule has 174 valence electrons. The molecule has 0 saturated carbocycles. The summed E-state index contributed by atoms with van der Waals surface area (Å²) in [6.45, 7) is 4.75. The zero-order valence-corrected chi connectivity index (χ0v) is 21.2. The standard InChI is InChI=1S/C33H26N2S/c1-33(2)25-17-9-10-18-26(25)34(23-13-5-3-6-14-23)28-21-22-29-32(31(28)33)36-30-20-12-11-19-27(30)35(29)24-15-7-4-8-16-24/h3-22H,1-2H3. The van der Waals surface area contributed by atoms with Gasteiger partial charge in [0.2, 0.25) is 0 Å². The second kappa shape index (κ2) is 8.04. The molecule has 0 radical (unpaired) electrons. The van der Waals surface area contributed by atoms with Gasteiger partial charge in [0.15, 0.2) is 0 Å². The van der Waals surface area contributed by atoms with Crippen LogP contribution in [0.4, 0.5) is 34.1 Å². The number of benzene rings is 5. The van der Waals surface area contributed by atoms with Crippen molar-refractivity contribution in [1.29, 1.82) is 0 Å². The quantitative estimate of drug-likeness (QED) is 0.242. The molecule has 0 aromatic heterocycles. The molecule has 0 spiro atoms. The van der Waals surface area contributed by atoms with Crippen molar-refractivity contribution in [1.82, 2.24) is 0 Å². The Morgan fingerprint density at radius 3 is 1.72 bits per heavy atom. The zero-order valence-electron chi connectivity index (χ0n) is 20.3. The van der Waals surface area contributed by atoms with Gasteiger partial charge in [-0.3, -0.25) is 0 Å². The maximum Gasteiger partial charge on any atom is 0.0606 e. The summed E-state index contributed by atoms with van der Waals surface area (Å²) in [5.74, 6) is 0. The van der Waals surface area contributed by atoms with E-state index in [2.05, 4.69) is 145 Å². The first-order valence-electron chi connectivity index (χ1n) is 12.4. The molecule has 0 atom stereocenters. The molecule has 0 saturated heterocycles. The second-order valence-corrected chi connectivity index (χ2v) is 10.9. The van der Waals surface area contributed by atoms with Crippen LogP contribution < -0.4 is 9.80 Å². The van der Waals surface area contributed by atoms with E-state index in [9.17, 15) is 0 Å². The van der Waals surface area contributed by atoms with E-state index in [1.807, 2.05) is 11.8 Å². The van der Waals surface area contributed by atoms with Gasteiger partial charge in [-0.2, -0.15) is 0 Å². The van der Waals surface area contributed by atoms with Crippen LogP contribution in [-0.2, 0) is 5.41 Å². The summed E-state index contributed by atoms with van der Waals surface area (Å²) in [7, 11) is 0. The van der Waals surface area contributed by atoms with Crippen LogP contribution in [0.2, 0.25) is 0 Å². The molecular formula is C33H26N2S. The molecule has 2 nitrogen and oxygen atoms in total. The maximum absolute atomic E-state index is 2.43. The first-order valence-corrected chi connectivity index (χ1v) is 13.2. The lowest BCUT2D eigenvalue weighted by atomic mass is 9.73. The summed E-state index contributed by atoms with van der Waals surface area (Å²) in [4.78, 5) is 7.47. The summed E-state index contributed by atoms with van der Waals surface area (Å²) >= 11 is 1.90. The predicted molar refractivity (Wildman–Crippen MR) is 152 cm³/mol. The maximum atomic E-state index is 2.43. The molecule has 0 aliphatic carbocycles. The van der Waals surface area contributed by atoms with Crippen molar-refractivity contribution in [3.05, 3.63) is 132 Å². The Bertz CT molecular complexity index is 1590. The fraction of sp³-hybridized carbons (Fsp3) is 0.0909. The van der Waals surface area contributed by atoms with Crippen LogP contribution in [0.25, 0.3) is 0 Å². The highest BCUT2D eigenvalue weighted by Gasteiger charge is 2.41. The lowest BCUT2D eigenvalue weighted by Gasteiger charge is -2.45. The van der Waals surface area contributed by atoms with Crippen LogP contribution in [0.1, 0.15) is 25.0 Å². The Morgan fingerprint density at radius 1 is 0.500 bits per heavy atom. The molecule has 2 aliphatic heterocycles. The van der Waals surface area contributed by atoms with Crippen molar-refractivity contribution in [2.24, 2.45) is 0 Å². The van der Waals surface area contributed by atoms with Gasteiger partial charge in [0.05, 0.1) is 22.7 Å². The van der Waals surface area contributed by atoms with Crippen molar-refractivity contribution < 1.29 is 0 Å². The number of para-hydroxylation sites is 4. The summed E-state index contributed by atoms with van der Waals surface area (Å²) in [5, 5.41) is 0. The van der Waals surface area contributed by atoms with Gasteiger partial charge in [0.25, 0.3) is 0 Å². The average molecular weight is 483 g/mol. The van der Waals surface area contributed by atoms with E-state index in [0.29, 0.717) is 0 Å². The Morgan fingerprint density at radius 2 is 1.03 bits per heavy atom. The normalized spacial score (nSPS) is 14.9. The molecular weight excluding hydrogens is 456 g/mol. The van der Waals surface area contributed by atoms with E-state index in [0.717, 1.165) is 0 Å². The molecule has 0 amide bonds. The average Bonchev–Trinajstić information content (AvgIpc) is 2.92. The topological polar surface area (TPSA) is 6.48 Å².